The number of hydrogen-bond acceptors (Lipinski definition) is 2. The molecule has 1 atom stereocenters. The lowest BCUT2D eigenvalue weighted by molar-refractivity contribution is -0.123. The predicted octanol–water partition coefficient (Wildman–Crippen LogP) is 1.55. The first-order valence-corrected chi connectivity index (χ1v) is 5.10. The molecule has 1 aromatic rings. The molecule has 3 nitrogen and oxygen atoms in total. The van der Waals surface area contributed by atoms with E-state index < -0.39 is 0 Å². The highest BCUT2D eigenvalue weighted by Crippen LogP contribution is 2.20. The summed E-state index contributed by atoms with van der Waals surface area (Å²) in [6, 6.07) is 9.55. The number of rotatable bonds is 4. The minimum atomic E-state index is -0.341. The smallest absolute Gasteiger partial charge is 0.239 e. The van der Waals surface area contributed by atoms with Crippen molar-refractivity contribution in [1.82, 2.24) is 4.90 Å². The fourth-order valence-electron chi connectivity index (χ4n) is 1.53. The van der Waals surface area contributed by atoms with Gasteiger partial charge >= 0.3 is 0 Å². The van der Waals surface area contributed by atoms with Gasteiger partial charge in [0.2, 0.25) is 5.91 Å². The first kappa shape index (κ1) is 11.7. The second-order valence-corrected chi connectivity index (χ2v) is 3.97. The lowest BCUT2D eigenvalue weighted by Gasteiger charge is -2.29. The van der Waals surface area contributed by atoms with E-state index in [1.54, 1.807) is 0 Å². The first-order chi connectivity index (χ1) is 7.04. The summed E-state index contributed by atoms with van der Waals surface area (Å²) in [4.78, 5) is 13.4. The maximum atomic E-state index is 11.4. The van der Waals surface area contributed by atoms with Crippen molar-refractivity contribution < 1.29 is 4.79 Å². The molecule has 0 radical (unpaired) electrons. The van der Waals surface area contributed by atoms with E-state index in [-0.39, 0.29) is 18.0 Å². The summed E-state index contributed by atoms with van der Waals surface area (Å²) in [6.07, 6.45) is 0. The number of amides is 1. The highest BCUT2D eigenvalue weighted by molar-refractivity contribution is 5.81. The Morgan fingerprint density at radius 3 is 2.20 bits per heavy atom. The molecule has 0 bridgehead atoms. The zero-order valence-corrected chi connectivity index (χ0v) is 9.47. The van der Waals surface area contributed by atoms with E-state index in [0.717, 1.165) is 5.56 Å². The molecule has 0 aromatic heterocycles. The lowest BCUT2D eigenvalue weighted by atomic mass is 10.0. The molecule has 1 aromatic carbocycles. The molecule has 1 amide bonds. The fraction of sp³-hybridized carbons (Fsp3) is 0.417. The molecule has 0 fully saturated rings. The van der Waals surface area contributed by atoms with Crippen molar-refractivity contribution in [3.05, 3.63) is 35.9 Å². The number of nitrogens with zero attached hydrogens (tertiary/aromatic N) is 1. The topological polar surface area (TPSA) is 46.3 Å². The molecule has 1 unspecified atom stereocenters. The van der Waals surface area contributed by atoms with Crippen molar-refractivity contribution >= 4 is 5.91 Å². The maximum absolute atomic E-state index is 11.4. The molecule has 0 aliphatic heterocycles. The molecule has 0 saturated heterocycles. The van der Waals surface area contributed by atoms with Gasteiger partial charge in [-0.2, -0.15) is 0 Å². The highest BCUT2D eigenvalue weighted by atomic mass is 16.1. The van der Waals surface area contributed by atoms with Gasteiger partial charge in [-0.25, -0.2) is 0 Å². The molecular weight excluding hydrogens is 188 g/mol. The Hall–Kier alpha value is -1.35. The van der Waals surface area contributed by atoms with Crippen LogP contribution in [0.4, 0.5) is 0 Å². The van der Waals surface area contributed by atoms with Crippen LogP contribution in [-0.2, 0) is 4.79 Å². The lowest BCUT2D eigenvalue weighted by Crippen LogP contribution is -2.39. The Labute approximate surface area is 90.9 Å². The fourth-order valence-corrected chi connectivity index (χ4v) is 1.53. The summed E-state index contributed by atoms with van der Waals surface area (Å²) >= 11 is 0. The van der Waals surface area contributed by atoms with Gasteiger partial charge in [0.1, 0.15) is 6.04 Å². The van der Waals surface area contributed by atoms with Crippen LogP contribution < -0.4 is 5.73 Å². The van der Waals surface area contributed by atoms with E-state index in [2.05, 4.69) is 0 Å². The minimum absolute atomic E-state index is 0.280. The monoisotopic (exact) mass is 206 g/mol. The van der Waals surface area contributed by atoms with Gasteiger partial charge in [-0.3, -0.25) is 9.69 Å². The summed E-state index contributed by atoms with van der Waals surface area (Å²) < 4.78 is 0. The van der Waals surface area contributed by atoms with Crippen LogP contribution in [0.2, 0.25) is 0 Å². The van der Waals surface area contributed by atoms with Crippen LogP contribution in [0.15, 0.2) is 30.3 Å². The van der Waals surface area contributed by atoms with Crippen LogP contribution in [-0.4, -0.2) is 23.9 Å². The third kappa shape index (κ3) is 2.80. The normalized spacial score (nSPS) is 13.1. The molecule has 2 N–H and O–H groups in total. The average Bonchev–Trinajstić information content (AvgIpc) is 2.18. The quantitative estimate of drug-likeness (QED) is 0.812. The van der Waals surface area contributed by atoms with Gasteiger partial charge < -0.3 is 5.73 Å². The number of likely N-dealkylation sites (N-methyl/N-ethyl adjacent to an activating group) is 1. The summed E-state index contributed by atoms with van der Waals surface area (Å²) in [6.45, 7) is 4.08. The molecule has 0 spiro atoms. The minimum Gasteiger partial charge on any atom is -0.368 e. The van der Waals surface area contributed by atoms with E-state index in [0.29, 0.717) is 0 Å². The number of nitrogens with two attached hydrogens (primary N) is 1. The third-order valence-corrected chi connectivity index (χ3v) is 2.61. The largest absolute Gasteiger partial charge is 0.368 e. The molecule has 0 saturated carbocycles. The number of carbonyl (C=O) groups is 1. The van der Waals surface area contributed by atoms with Crippen LogP contribution in [0.5, 0.6) is 0 Å². The summed E-state index contributed by atoms with van der Waals surface area (Å²) in [7, 11) is 1.91. The summed E-state index contributed by atoms with van der Waals surface area (Å²) in [5, 5.41) is 0. The van der Waals surface area contributed by atoms with Gasteiger partial charge in [0.15, 0.2) is 0 Å². The zero-order valence-electron chi connectivity index (χ0n) is 9.47. The van der Waals surface area contributed by atoms with Gasteiger partial charge in [0.05, 0.1) is 0 Å². The Morgan fingerprint density at radius 1 is 1.27 bits per heavy atom. The molecule has 0 aliphatic rings. The number of carbonyl (C=O) groups excluding carboxylic acids is 1. The molecule has 0 heterocycles. The van der Waals surface area contributed by atoms with Gasteiger partial charge in [0.25, 0.3) is 0 Å². The molecular formula is C12H18N2O. The van der Waals surface area contributed by atoms with Crippen molar-refractivity contribution in [3.8, 4) is 0 Å². The van der Waals surface area contributed by atoms with E-state index in [9.17, 15) is 4.79 Å². The molecule has 3 heteroatoms. The predicted molar refractivity (Wildman–Crippen MR) is 61.3 cm³/mol. The van der Waals surface area contributed by atoms with Crippen LogP contribution in [0.1, 0.15) is 25.5 Å². The number of benzene rings is 1. The van der Waals surface area contributed by atoms with Crippen LogP contribution in [0.3, 0.4) is 0 Å². The van der Waals surface area contributed by atoms with Crippen LogP contribution >= 0.6 is 0 Å². The molecule has 1 rings (SSSR count). The van der Waals surface area contributed by atoms with Gasteiger partial charge in [-0.05, 0) is 26.5 Å². The van der Waals surface area contributed by atoms with Crippen LogP contribution in [0.25, 0.3) is 0 Å². The molecule has 15 heavy (non-hydrogen) atoms. The van der Waals surface area contributed by atoms with Gasteiger partial charge in [-0.15, -0.1) is 0 Å². The number of hydrogen-bond donors (Lipinski definition) is 1. The van der Waals surface area contributed by atoms with E-state index in [1.165, 1.54) is 0 Å². The van der Waals surface area contributed by atoms with Crippen LogP contribution in [0, 0.1) is 0 Å². The van der Waals surface area contributed by atoms with E-state index in [1.807, 2.05) is 56.1 Å². The first-order valence-electron chi connectivity index (χ1n) is 5.10. The summed E-state index contributed by atoms with van der Waals surface area (Å²) in [5.74, 6) is -0.308. The summed E-state index contributed by atoms with van der Waals surface area (Å²) in [5.41, 5.74) is 6.37. The zero-order chi connectivity index (χ0) is 11.4. The maximum Gasteiger partial charge on any atom is 0.239 e. The molecule has 82 valence electrons. The highest BCUT2D eigenvalue weighted by Gasteiger charge is 2.23. The second kappa shape index (κ2) is 4.94. The second-order valence-electron chi connectivity index (χ2n) is 3.97. The SMILES string of the molecule is CC(C)N(C)C(C(N)=O)c1ccccc1. The Balaban J connectivity index is 2.99. The van der Waals surface area contributed by atoms with Gasteiger partial charge in [0, 0.05) is 6.04 Å². The Morgan fingerprint density at radius 2 is 1.80 bits per heavy atom. The Bertz CT molecular complexity index is 322. The van der Waals surface area contributed by atoms with Crippen molar-refractivity contribution in [1.29, 1.82) is 0 Å². The van der Waals surface area contributed by atoms with Crippen molar-refractivity contribution in [2.45, 2.75) is 25.9 Å². The van der Waals surface area contributed by atoms with E-state index >= 15 is 0 Å². The average molecular weight is 206 g/mol. The van der Waals surface area contributed by atoms with E-state index in [4.69, 9.17) is 5.73 Å². The van der Waals surface area contributed by atoms with Gasteiger partial charge in [-0.1, -0.05) is 30.3 Å². The van der Waals surface area contributed by atoms with Crippen molar-refractivity contribution in [2.24, 2.45) is 5.73 Å². The van der Waals surface area contributed by atoms with Crippen molar-refractivity contribution in [2.75, 3.05) is 7.05 Å². The Kier molecular flexibility index (Phi) is 3.86. The molecule has 0 aliphatic carbocycles. The van der Waals surface area contributed by atoms with Crippen molar-refractivity contribution in [3.63, 3.8) is 0 Å². The number of primary amides is 1. The standard InChI is InChI=1S/C12H18N2O/c1-9(2)14(3)11(12(13)15)10-7-5-4-6-8-10/h4-9,11H,1-3H3,(H2,13,15). The third-order valence-electron chi connectivity index (χ3n) is 2.61.